The lowest BCUT2D eigenvalue weighted by atomic mass is 10.3. The molecule has 0 unspecified atom stereocenters. The van der Waals surface area contributed by atoms with Crippen LogP contribution in [0.3, 0.4) is 0 Å². The first-order valence-corrected chi connectivity index (χ1v) is 10.4. The molecule has 0 fully saturated rings. The van der Waals surface area contributed by atoms with Gasteiger partial charge in [0.05, 0.1) is 26.4 Å². The average molecular weight is 449 g/mol. The minimum atomic E-state index is -0.134. The van der Waals surface area contributed by atoms with Gasteiger partial charge in [-0.2, -0.15) is 9.97 Å². The third-order valence-electron chi connectivity index (χ3n) is 4.39. The summed E-state index contributed by atoms with van der Waals surface area (Å²) in [5, 5.41) is 44.0. The zero-order chi connectivity index (χ0) is 23.3. The van der Waals surface area contributed by atoms with Crippen molar-refractivity contribution in [2.75, 3.05) is 86.1 Å². The van der Waals surface area contributed by atoms with Crippen molar-refractivity contribution in [2.24, 2.45) is 0 Å². The number of fused-ring (bicyclic) bond motifs is 1. The molecule has 12 heteroatoms. The van der Waals surface area contributed by atoms with Crippen LogP contribution in [0.15, 0.2) is 25.3 Å². The molecule has 176 valence electrons. The average Bonchev–Trinajstić information content (AvgIpc) is 2.80. The van der Waals surface area contributed by atoms with Gasteiger partial charge < -0.3 is 40.9 Å². The van der Waals surface area contributed by atoms with Crippen LogP contribution in [0.25, 0.3) is 11.0 Å². The quantitative estimate of drug-likeness (QED) is 0.177. The predicted molar refractivity (Wildman–Crippen MR) is 125 cm³/mol. The summed E-state index contributed by atoms with van der Waals surface area (Å²) in [6, 6.07) is 0. The predicted octanol–water partition coefficient (Wildman–Crippen LogP) is -0.802. The molecule has 0 atom stereocenters. The number of anilines is 4. The number of aliphatic hydroxyl groups excluding tert-OH is 4. The Bertz CT molecular complexity index is 799. The molecular formula is C20H32N8O4. The van der Waals surface area contributed by atoms with Crippen LogP contribution < -0.4 is 20.4 Å². The number of aromatic nitrogens is 4. The molecule has 0 aliphatic heterocycles. The molecular weight excluding hydrogens is 416 g/mol. The molecule has 0 aliphatic rings. The first-order valence-electron chi connectivity index (χ1n) is 10.4. The van der Waals surface area contributed by atoms with Crippen molar-refractivity contribution in [3.05, 3.63) is 25.3 Å². The topological polar surface area (TPSA) is 163 Å². The van der Waals surface area contributed by atoms with Crippen molar-refractivity contribution in [1.29, 1.82) is 0 Å². The number of hydrogen-bond donors (Lipinski definition) is 6. The van der Waals surface area contributed by atoms with E-state index in [4.69, 9.17) is 0 Å². The summed E-state index contributed by atoms with van der Waals surface area (Å²) in [5.41, 5.74) is 0.863. The molecule has 2 aromatic heterocycles. The van der Waals surface area contributed by atoms with Crippen LogP contribution in [-0.2, 0) is 0 Å². The second-order valence-electron chi connectivity index (χ2n) is 6.65. The van der Waals surface area contributed by atoms with Gasteiger partial charge in [-0.05, 0) is 0 Å². The van der Waals surface area contributed by atoms with E-state index in [0.717, 1.165) is 0 Å². The molecule has 2 rings (SSSR count). The summed E-state index contributed by atoms with van der Waals surface area (Å²) in [7, 11) is 0. The lowest BCUT2D eigenvalue weighted by Gasteiger charge is -2.24. The van der Waals surface area contributed by atoms with Crippen LogP contribution in [0.5, 0.6) is 0 Å². The van der Waals surface area contributed by atoms with Crippen molar-refractivity contribution in [2.45, 2.75) is 0 Å². The highest BCUT2D eigenvalue weighted by molar-refractivity contribution is 5.94. The van der Waals surface area contributed by atoms with E-state index in [2.05, 4.69) is 43.7 Å². The third-order valence-corrected chi connectivity index (χ3v) is 4.39. The molecule has 0 saturated carbocycles. The number of nitrogens with zero attached hydrogens (tertiary/aromatic N) is 6. The van der Waals surface area contributed by atoms with E-state index in [9.17, 15) is 20.4 Å². The molecule has 0 radical (unpaired) electrons. The highest BCUT2D eigenvalue weighted by Crippen LogP contribution is 2.29. The Morgan fingerprint density at radius 3 is 1.25 bits per heavy atom. The van der Waals surface area contributed by atoms with Crippen LogP contribution in [0.4, 0.5) is 23.5 Å². The van der Waals surface area contributed by atoms with Crippen LogP contribution >= 0.6 is 0 Å². The summed E-state index contributed by atoms with van der Waals surface area (Å²) in [6.07, 6.45) is 3.35. The first kappa shape index (κ1) is 25.2. The van der Waals surface area contributed by atoms with Crippen molar-refractivity contribution in [3.63, 3.8) is 0 Å². The van der Waals surface area contributed by atoms with E-state index < -0.39 is 0 Å². The van der Waals surface area contributed by atoms with Crippen molar-refractivity contribution < 1.29 is 20.4 Å². The number of aliphatic hydroxyl groups is 4. The Hall–Kier alpha value is -3.06. The van der Waals surface area contributed by atoms with Crippen LogP contribution in [0, 0.1) is 0 Å². The van der Waals surface area contributed by atoms with E-state index in [1.165, 1.54) is 0 Å². The summed E-state index contributed by atoms with van der Waals surface area (Å²) < 4.78 is 0. The van der Waals surface area contributed by atoms with Gasteiger partial charge in [-0.1, -0.05) is 12.2 Å². The van der Waals surface area contributed by atoms with Gasteiger partial charge in [-0.3, -0.25) is 0 Å². The van der Waals surface area contributed by atoms with Gasteiger partial charge >= 0.3 is 0 Å². The fourth-order valence-electron chi connectivity index (χ4n) is 2.97. The van der Waals surface area contributed by atoms with Gasteiger partial charge in [-0.15, -0.1) is 13.2 Å². The van der Waals surface area contributed by atoms with Crippen LogP contribution in [0.2, 0.25) is 0 Å². The maximum Gasteiger partial charge on any atom is 0.228 e. The second kappa shape index (κ2) is 13.4. The molecule has 6 N–H and O–H groups in total. The van der Waals surface area contributed by atoms with Gasteiger partial charge in [-0.25, -0.2) is 9.97 Å². The van der Waals surface area contributed by atoms with Crippen molar-refractivity contribution >= 4 is 34.6 Å². The minimum absolute atomic E-state index is 0.134. The van der Waals surface area contributed by atoms with Gasteiger partial charge in [0.15, 0.2) is 11.6 Å². The molecule has 0 saturated heterocycles. The maximum atomic E-state index is 9.42. The minimum Gasteiger partial charge on any atom is -0.395 e. The van der Waals surface area contributed by atoms with Gasteiger partial charge in [0.2, 0.25) is 11.9 Å². The molecule has 0 amide bonds. The zero-order valence-corrected chi connectivity index (χ0v) is 18.1. The maximum absolute atomic E-state index is 9.42. The summed E-state index contributed by atoms with van der Waals surface area (Å²) >= 11 is 0. The van der Waals surface area contributed by atoms with E-state index in [0.29, 0.717) is 47.7 Å². The Morgan fingerprint density at radius 2 is 0.969 bits per heavy atom. The van der Waals surface area contributed by atoms with E-state index in [-0.39, 0.29) is 52.6 Å². The lowest BCUT2D eigenvalue weighted by molar-refractivity contribution is 0.279. The SMILES string of the molecule is C=CCNc1nc(N(CCO)CCO)nc2c(NCC=C)nc(N(CCO)CCO)nc12. The summed E-state index contributed by atoms with van der Waals surface area (Å²) in [5.74, 6) is 1.44. The normalized spacial score (nSPS) is 10.8. The molecule has 0 bridgehead atoms. The zero-order valence-electron chi connectivity index (χ0n) is 18.1. The van der Waals surface area contributed by atoms with E-state index in [1.54, 1.807) is 22.0 Å². The number of rotatable bonds is 16. The molecule has 0 aromatic carbocycles. The highest BCUT2D eigenvalue weighted by Gasteiger charge is 2.20. The van der Waals surface area contributed by atoms with Crippen molar-refractivity contribution in [3.8, 4) is 0 Å². The van der Waals surface area contributed by atoms with Crippen molar-refractivity contribution in [1.82, 2.24) is 19.9 Å². The first-order chi connectivity index (χ1) is 15.6. The lowest BCUT2D eigenvalue weighted by Crippen LogP contribution is -2.32. The van der Waals surface area contributed by atoms with E-state index in [1.807, 2.05) is 0 Å². The van der Waals surface area contributed by atoms with E-state index >= 15 is 0 Å². The van der Waals surface area contributed by atoms with Crippen LogP contribution in [-0.4, -0.2) is 106 Å². The smallest absolute Gasteiger partial charge is 0.228 e. The number of nitrogens with one attached hydrogen (secondary N) is 2. The van der Waals surface area contributed by atoms with Gasteiger partial charge in [0.1, 0.15) is 11.0 Å². The molecule has 32 heavy (non-hydrogen) atoms. The van der Waals surface area contributed by atoms with Gasteiger partial charge in [0, 0.05) is 39.3 Å². The Morgan fingerprint density at radius 1 is 0.625 bits per heavy atom. The Kier molecular flexibility index (Phi) is 10.5. The fourth-order valence-corrected chi connectivity index (χ4v) is 2.97. The van der Waals surface area contributed by atoms with Gasteiger partial charge in [0.25, 0.3) is 0 Å². The summed E-state index contributed by atoms with van der Waals surface area (Å²) in [6.45, 7) is 8.69. The number of hydrogen-bond acceptors (Lipinski definition) is 12. The third kappa shape index (κ3) is 6.47. The fraction of sp³-hybridized carbons (Fsp3) is 0.500. The molecule has 12 nitrogen and oxygen atoms in total. The Balaban J connectivity index is 2.73. The second-order valence-corrected chi connectivity index (χ2v) is 6.65. The molecule has 2 heterocycles. The Labute approximate surface area is 187 Å². The standard InChI is InChI=1S/C20H32N8O4/c1-3-5-21-17-15-16(24-19(25-17)27(7-11-29)8-12-30)18(22-6-4-2)26-20(23-15)28(9-13-31)10-14-32/h3-4,29-32H,1-2,5-14H2,(H,21,24,25)(H,22,23,26). The monoisotopic (exact) mass is 448 g/mol. The molecule has 0 spiro atoms. The molecule has 2 aromatic rings. The summed E-state index contributed by atoms with van der Waals surface area (Å²) in [4.78, 5) is 21.7. The highest BCUT2D eigenvalue weighted by atomic mass is 16.3. The largest absolute Gasteiger partial charge is 0.395 e. The molecule has 0 aliphatic carbocycles. The van der Waals surface area contributed by atoms with Crippen LogP contribution in [0.1, 0.15) is 0 Å².